The SMILES string of the molecule is Cc1cc(Cl)nc(CN2CCN3CCCCC3C2)n1. The summed E-state index contributed by atoms with van der Waals surface area (Å²) < 4.78 is 0. The van der Waals surface area contributed by atoms with Gasteiger partial charge in [0.25, 0.3) is 0 Å². The van der Waals surface area contributed by atoms with Crippen molar-refractivity contribution in [2.24, 2.45) is 0 Å². The highest BCUT2D eigenvalue weighted by molar-refractivity contribution is 6.29. The van der Waals surface area contributed by atoms with Crippen LogP contribution in [0.15, 0.2) is 6.07 Å². The molecule has 0 radical (unpaired) electrons. The molecule has 0 amide bonds. The van der Waals surface area contributed by atoms with Crippen LogP contribution in [-0.4, -0.2) is 52.0 Å². The van der Waals surface area contributed by atoms with Gasteiger partial charge in [-0.15, -0.1) is 0 Å². The monoisotopic (exact) mass is 280 g/mol. The normalized spacial score (nSPS) is 25.3. The molecule has 3 heterocycles. The molecular weight excluding hydrogens is 260 g/mol. The minimum atomic E-state index is 0.554. The van der Waals surface area contributed by atoms with E-state index in [0.29, 0.717) is 5.15 Å². The predicted octanol–water partition coefficient (Wildman–Crippen LogP) is 2.11. The molecule has 5 heteroatoms. The molecule has 0 spiro atoms. The van der Waals surface area contributed by atoms with Gasteiger partial charge in [0.1, 0.15) is 11.0 Å². The van der Waals surface area contributed by atoms with Gasteiger partial charge < -0.3 is 0 Å². The number of halogens is 1. The van der Waals surface area contributed by atoms with Gasteiger partial charge in [0.15, 0.2) is 0 Å². The van der Waals surface area contributed by atoms with Crippen molar-refractivity contribution in [3.8, 4) is 0 Å². The second-order valence-electron chi connectivity index (χ2n) is 5.67. The van der Waals surface area contributed by atoms with Crippen LogP contribution in [-0.2, 0) is 6.54 Å². The number of hydrogen-bond donors (Lipinski definition) is 0. The molecule has 0 aromatic carbocycles. The van der Waals surface area contributed by atoms with Crippen LogP contribution in [0.4, 0.5) is 0 Å². The maximum Gasteiger partial charge on any atom is 0.144 e. The fourth-order valence-electron chi connectivity index (χ4n) is 3.22. The minimum absolute atomic E-state index is 0.554. The summed E-state index contributed by atoms with van der Waals surface area (Å²) >= 11 is 6.00. The van der Waals surface area contributed by atoms with Crippen molar-refractivity contribution in [3.63, 3.8) is 0 Å². The second kappa shape index (κ2) is 5.73. The fraction of sp³-hybridized carbons (Fsp3) is 0.714. The molecule has 3 rings (SSSR count). The van der Waals surface area contributed by atoms with E-state index in [1.165, 1.54) is 32.4 Å². The van der Waals surface area contributed by atoms with Gasteiger partial charge in [0, 0.05) is 31.4 Å². The average Bonchev–Trinajstić information content (AvgIpc) is 2.37. The number of aromatic nitrogens is 2. The summed E-state index contributed by atoms with van der Waals surface area (Å²) in [4.78, 5) is 13.9. The predicted molar refractivity (Wildman–Crippen MR) is 76.3 cm³/mol. The summed E-state index contributed by atoms with van der Waals surface area (Å²) in [6.07, 6.45) is 4.08. The Morgan fingerprint density at radius 1 is 1.26 bits per heavy atom. The van der Waals surface area contributed by atoms with Crippen LogP contribution in [0.2, 0.25) is 5.15 Å². The first-order chi connectivity index (χ1) is 9.20. The number of piperazine rings is 1. The number of piperidine rings is 1. The topological polar surface area (TPSA) is 32.3 Å². The molecule has 2 aliphatic heterocycles. The summed E-state index contributed by atoms with van der Waals surface area (Å²) in [6.45, 7) is 7.53. The first-order valence-electron chi connectivity index (χ1n) is 7.17. The molecule has 2 saturated heterocycles. The fourth-order valence-corrected chi connectivity index (χ4v) is 3.48. The van der Waals surface area contributed by atoms with Gasteiger partial charge in [-0.1, -0.05) is 18.0 Å². The highest BCUT2D eigenvalue weighted by atomic mass is 35.5. The van der Waals surface area contributed by atoms with E-state index in [0.717, 1.165) is 37.2 Å². The zero-order valence-corrected chi connectivity index (χ0v) is 12.2. The summed E-state index contributed by atoms with van der Waals surface area (Å²) in [7, 11) is 0. The van der Waals surface area contributed by atoms with Gasteiger partial charge in [-0.3, -0.25) is 9.80 Å². The van der Waals surface area contributed by atoms with Gasteiger partial charge in [-0.05, 0) is 32.4 Å². The van der Waals surface area contributed by atoms with Crippen molar-refractivity contribution >= 4 is 11.6 Å². The lowest BCUT2D eigenvalue weighted by Gasteiger charge is -2.43. The zero-order chi connectivity index (χ0) is 13.2. The number of hydrogen-bond acceptors (Lipinski definition) is 4. The van der Waals surface area contributed by atoms with E-state index in [1.807, 2.05) is 13.0 Å². The van der Waals surface area contributed by atoms with Crippen LogP contribution in [0.3, 0.4) is 0 Å². The molecule has 1 aromatic heterocycles. The van der Waals surface area contributed by atoms with Crippen LogP contribution in [0.1, 0.15) is 30.8 Å². The molecule has 1 unspecified atom stereocenters. The van der Waals surface area contributed by atoms with Crippen LogP contribution < -0.4 is 0 Å². The first-order valence-corrected chi connectivity index (χ1v) is 7.55. The maximum atomic E-state index is 6.00. The van der Waals surface area contributed by atoms with E-state index >= 15 is 0 Å². The molecule has 2 aliphatic rings. The Labute approximate surface area is 119 Å². The van der Waals surface area contributed by atoms with Gasteiger partial charge >= 0.3 is 0 Å². The quantitative estimate of drug-likeness (QED) is 0.777. The van der Waals surface area contributed by atoms with Gasteiger partial charge in [-0.25, -0.2) is 9.97 Å². The highest BCUT2D eigenvalue weighted by Crippen LogP contribution is 2.21. The van der Waals surface area contributed by atoms with Crippen LogP contribution in [0.25, 0.3) is 0 Å². The number of rotatable bonds is 2. The Bertz CT molecular complexity index is 431. The molecule has 1 aromatic rings. The number of nitrogens with zero attached hydrogens (tertiary/aromatic N) is 4. The lowest BCUT2D eigenvalue weighted by molar-refractivity contribution is 0.0444. The molecule has 0 saturated carbocycles. The minimum Gasteiger partial charge on any atom is -0.298 e. The van der Waals surface area contributed by atoms with Crippen LogP contribution in [0, 0.1) is 6.92 Å². The average molecular weight is 281 g/mol. The van der Waals surface area contributed by atoms with Crippen molar-refractivity contribution in [3.05, 3.63) is 22.7 Å². The summed E-state index contributed by atoms with van der Waals surface area (Å²) in [5, 5.41) is 0.554. The largest absolute Gasteiger partial charge is 0.298 e. The van der Waals surface area contributed by atoms with E-state index in [-0.39, 0.29) is 0 Å². The molecule has 19 heavy (non-hydrogen) atoms. The number of fused-ring (bicyclic) bond motifs is 1. The molecule has 0 bridgehead atoms. The maximum absolute atomic E-state index is 6.00. The summed E-state index contributed by atoms with van der Waals surface area (Å²) in [5.41, 5.74) is 0.950. The molecule has 0 aliphatic carbocycles. The van der Waals surface area contributed by atoms with E-state index in [1.54, 1.807) is 0 Å². The molecular formula is C14H21ClN4. The van der Waals surface area contributed by atoms with Crippen molar-refractivity contribution in [1.82, 2.24) is 19.8 Å². The van der Waals surface area contributed by atoms with Crippen molar-refractivity contribution < 1.29 is 0 Å². The Kier molecular flexibility index (Phi) is 4.01. The summed E-state index contributed by atoms with van der Waals surface area (Å²) in [5.74, 6) is 0.856. The van der Waals surface area contributed by atoms with Gasteiger partial charge in [0.2, 0.25) is 0 Å². The first kappa shape index (κ1) is 13.3. The molecule has 2 fully saturated rings. The van der Waals surface area contributed by atoms with Gasteiger partial charge in [0.05, 0.1) is 6.54 Å². The molecule has 4 nitrogen and oxygen atoms in total. The Balaban J connectivity index is 1.64. The van der Waals surface area contributed by atoms with E-state index in [9.17, 15) is 0 Å². The lowest BCUT2D eigenvalue weighted by atomic mass is 9.99. The highest BCUT2D eigenvalue weighted by Gasteiger charge is 2.29. The summed E-state index contributed by atoms with van der Waals surface area (Å²) in [6, 6.07) is 2.55. The third kappa shape index (κ3) is 3.25. The third-order valence-corrected chi connectivity index (χ3v) is 4.35. The van der Waals surface area contributed by atoms with Gasteiger partial charge in [-0.2, -0.15) is 0 Å². The smallest absolute Gasteiger partial charge is 0.144 e. The molecule has 0 N–H and O–H groups in total. The van der Waals surface area contributed by atoms with Crippen molar-refractivity contribution in [2.45, 2.75) is 38.8 Å². The third-order valence-electron chi connectivity index (χ3n) is 4.16. The van der Waals surface area contributed by atoms with Crippen molar-refractivity contribution in [2.75, 3.05) is 26.2 Å². The zero-order valence-electron chi connectivity index (χ0n) is 11.5. The Hall–Kier alpha value is -0.710. The standard InChI is InChI=1S/C14H21ClN4/c1-11-8-13(15)17-14(16-11)10-18-6-7-19-5-3-2-4-12(19)9-18/h8,12H,2-7,9-10H2,1H3. The molecule has 104 valence electrons. The van der Waals surface area contributed by atoms with E-state index < -0.39 is 0 Å². The van der Waals surface area contributed by atoms with E-state index in [2.05, 4.69) is 19.8 Å². The number of aryl methyl sites for hydroxylation is 1. The lowest BCUT2D eigenvalue weighted by Crippen LogP contribution is -2.54. The van der Waals surface area contributed by atoms with Crippen LogP contribution in [0.5, 0.6) is 0 Å². The molecule has 1 atom stereocenters. The Morgan fingerprint density at radius 2 is 2.16 bits per heavy atom. The van der Waals surface area contributed by atoms with Crippen molar-refractivity contribution in [1.29, 1.82) is 0 Å². The van der Waals surface area contributed by atoms with E-state index in [4.69, 9.17) is 11.6 Å². The van der Waals surface area contributed by atoms with Crippen LogP contribution >= 0.6 is 11.6 Å². The second-order valence-corrected chi connectivity index (χ2v) is 6.06. The Morgan fingerprint density at radius 3 is 3.00 bits per heavy atom.